The number of pyridine rings is 1. The molecule has 0 aliphatic rings. The standard InChI is InChI=1S/C22H20N4O2/c1-28-20-8-4-16(5-9-20)10-12-25-22(27)18-11-13-24-21(14-18)26-19-6-2-17(15-23)3-7-19/h2-9,11,13-14H,10,12H2,1H3,(H,24,26)(H,25,27). The molecule has 28 heavy (non-hydrogen) atoms. The van der Waals surface area contributed by atoms with Crippen molar-refractivity contribution in [2.75, 3.05) is 19.0 Å². The van der Waals surface area contributed by atoms with E-state index in [2.05, 4.69) is 21.7 Å². The van der Waals surface area contributed by atoms with Gasteiger partial charge in [-0.2, -0.15) is 5.26 Å². The fourth-order valence-corrected chi connectivity index (χ4v) is 2.63. The van der Waals surface area contributed by atoms with Gasteiger partial charge in [0.1, 0.15) is 11.6 Å². The first-order valence-electron chi connectivity index (χ1n) is 8.82. The number of hydrogen-bond donors (Lipinski definition) is 2. The second kappa shape index (κ2) is 9.19. The summed E-state index contributed by atoms with van der Waals surface area (Å²) >= 11 is 0. The summed E-state index contributed by atoms with van der Waals surface area (Å²) in [6.45, 7) is 0.534. The van der Waals surface area contributed by atoms with Gasteiger partial charge in [-0.3, -0.25) is 4.79 Å². The highest BCUT2D eigenvalue weighted by Crippen LogP contribution is 2.16. The lowest BCUT2D eigenvalue weighted by Gasteiger charge is -2.09. The molecule has 0 saturated carbocycles. The van der Waals surface area contributed by atoms with Crippen molar-refractivity contribution >= 4 is 17.4 Å². The summed E-state index contributed by atoms with van der Waals surface area (Å²) in [7, 11) is 1.63. The van der Waals surface area contributed by atoms with Gasteiger partial charge in [0.25, 0.3) is 5.91 Å². The third-order valence-corrected chi connectivity index (χ3v) is 4.17. The van der Waals surface area contributed by atoms with E-state index in [1.54, 1.807) is 49.7 Å². The number of ether oxygens (including phenoxy) is 1. The Labute approximate surface area is 163 Å². The number of anilines is 2. The van der Waals surface area contributed by atoms with Crippen molar-refractivity contribution in [3.8, 4) is 11.8 Å². The number of nitriles is 1. The first-order chi connectivity index (χ1) is 13.7. The average Bonchev–Trinajstić information content (AvgIpc) is 2.75. The Bertz CT molecular complexity index is 977. The Morgan fingerprint density at radius 1 is 1.11 bits per heavy atom. The fraction of sp³-hybridized carbons (Fsp3) is 0.136. The first kappa shape index (κ1) is 18.9. The summed E-state index contributed by atoms with van der Waals surface area (Å²) in [5, 5.41) is 14.9. The van der Waals surface area contributed by atoms with Gasteiger partial charge >= 0.3 is 0 Å². The Kier molecular flexibility index (Phi) is 6.21. The first-order valence-corrected chi connectivity index (χ1v) is 8.82. The third kappa shape index (κ3) is 5.08. The van der Waals surface area contributed by atoms with Crippen LogP contribution >= 0.6 is 0 Å². The van der Waals surface area contributed by atoms with Crippen LogP contribution in [0.5, 0.6) is 5.75 Å². The molecule has 1 amide bonds. The third-order valence-electron chi connectivity index (χ3n) is 4.17. The van der Waals surface area contributed by atoms with E-state index in [0.717, 1.165) is 23.4 Å². The highest BCUT2D eigenvalue weighted by atomic mass is 16.5. The Morgan fingerprint density at radius 2 is 1.86 bits per heavy atom. The van der Waals surface area contributed by atoms with E-state index >= 15 is 0 Å². The number of hydrogen-bond acceptors (Lipinski definition) is 5. The van der Waals surface area contributed by atoms with Gasteiger partial charge in [-0.15, -0.1) is 0 Å². The van der Waals surface area contributed by atoms with Gasteiger partial charge in [0.15, 0.2) is 0 Å². The molecule has 0 bridgehead atoms. The second-order valence-corrected chi connectivity index (χ2v) is 6.10. The molecule has 6 heteroatoms. The van der Waals surface area contributed by atoms with E-state index in [1.165, 1.54) is 0 Å². The van der Waals surface area contributed by atoms with Gasteiger partial charge < -0.3 is 15.4 Å². The molecule has 2 aromatic carbocycles. The maximum Gasteiger partial charge on any atom is 0.251 e. The predicted molar refractivity (Wildman–Crippen MR) is 108 cm³/mol. The number of aromatic nitrogens is 1. The van der Waals surface area contributed by atoms with Crippen molar-refractivity contribution in [1.29, 1.82) is 5.26 Å². The summed E-state index contributed by atoms with van der Waals surface area (Å²) < 4.78 is 5.14. The molecule has 0 unspecified atom stereocenters. The molecule has 0 aliphatic heterocycles. The van der Waals surface area contributed by atoms with Crippen LogP contribution in [0.25, 0.3) is 0 Å². The van der Waals surface area contributed by atoms with Crippen molar-refractivity contribution in [2.24, 2.45) is 0 Å². The maximum atomic E-state index is 12.4. The van der Waals surface area contributed by atoms with Gasteiger partial charge in [-0.05, 0) is 60.5 Å². The molecule has 0 fully saturated rings. The van der Waals surface area contributed by atoms with Crippen molar-refractivity contribution in [2.45, 2.75) is 6.42 Å². The van der Waals surface area contributed by atoms with Crippen LogP contribution in [0.1, 0.15) is 21.5 Å². The highest BCUT2D eigenvalue weighted by molar-refractivity contribution is 5.94. The molecule has 140 valence electrons. The van der Waals surface area contributed by atoms with Gasteiger partial charge in [0.2, 0.25) is 0 Å². The van der Waals surface area contributed by atoms with Crippen LogP contribution in [0, 0.1) is 11.3 Å². The molecule has 0 spiro atoms. The zero-order valence-electron chi connectivity index (χ0n) is 15.5. The molecule has 2 N–H and O–H groups in total. The summed E-state index contributed by atoms with van der Waals surface area (Å²) in [4.78, 5) is 16.6. The van der Waals surface area contributed by atoms with Crippen LogP contribution in [0.15, 0.2) is 66.9 Å². The summed E-state index contributed by atoms with van der Waals surface area (Å²) in [5.74, 6) is 1.22. The molecule has 0 aliphatic carbocycles. The van der Waals surface area contributed by atoms with Gasteiger partial charge in [0, 0.05) is 24.0 Å². The molecule has 1 heterocycles. The largest absolute Gasteiger partial charge is 0.497 e. The van der Waals surface area contributed by atoms with Crippen LogP contribution in [0.3, 0.4) is 0 Å². The average molecular weight is 372 g/mol. The zero-order chi connectivity index (χ0) is 19.8. The normalized spacial score (nSPS) is 10.0. The summed E-state index contributed by atoms with van der Waals surface area (Å²) in [5.41, 5.74) is 3.03. The lowest BCUT2D eigenvalue weighted by molar-refractivity contribution is 0.0954. The highest BCUT2D eigenvalue weighted by Gasteiger charge is 2.07. The minimum atomic E-state index is -0.154. The molecule has 0 saturated heterocycles. The lowest BCUT2D eigenvalue weighted by atomic mass is 10.1. The molecular formula is C22H20N4O2. The minimum Gasteiger partial charge on any atom is -0.497 e. The van der Waals surface area contributed by atoms with Crippen molar-refractivity contribution in [3.05, 3.63) is 83.6 Å². The maximum absolute atomic E-state index is 12.4. The molecule has 3 rings (SSSR count). The monoisotopic (exact) mass is 372 g/mol. The Morgan fingerprint density at radius 3 is 2.54 bits per heavy atom. The summed E-state index contributed by atoms with van der Waals surface area (Å²) in [6, 6.07) is 20.2. The van der Waals surface area contributed by atoms with Crippen LogP contribution in [0.4, 0.5) is 11.5 Å². The van der Waals surface area contributed by atoms with Crippen molar-refractivity contribution in [3.63, 3.8) is 0 Å². The number of carbonyl (C=O) groups excluding carboxylic acids is 1. The number of methoxy groups -OCH3 is 1. The number of rotatable bonds is 7. The number of benzene rings is 2. The molecule has 0 radical (unpaired) electrons. The lowest BCUT2D eigenvalue weighted by Crippen LogP contribution is -2.25. The number of nitrogens with zero attached hydrogens (tertiary/aromatic N) is 2. The Hall–Kier alpha value is -3.85. The molecule has 6 nitrogen and oxygen atoms in total. The van der Waals surface area contributed by atoms with Gasteiger partial charge in [-0.25, -0.2) is 4.98 Å². The van der Waals surface area contributed by atoms with E-state index in [9.17, 15) is 4.79 Å². The smallest absolute Gasteiger partial charge is 0.251 e. The van der Waals surface area contributed by atoms with Gasteiger partial charge in [-0.1, -0.05) is 12.1 Å². The summed E-state index contributed by atoms with van der Waals surface area (Å²) in [6.07, 6.45) is 2.32. The van der Waals surface area contributed by atoms with Crippen molar-refractivity contribution in [1.82, 2.24) is 10.3 Å². The van der Waals surface area contributed by atoms with Crippen LogP contribution in [-0.4, -0.2) is 24.5 Å². The SMILES string of the molecule is COc1ccc(CCNC(=O)c2ccnc(Nc3ccc(C#N)cc3)c2)cc1. The predicted octanol–water partition coefficient (Wildman–Crippen LogP) is 3.68. The fourth-order valence-electron chi connectivity index (χ4n) is 2.63. The van der Waals surface area contributed by atoms with Gasteiger partial charge in [0.05, 0.1) is 18.7 Å². The van der Waals surface area contributed by atoms with Crippen LogP contribution < -0.4 is 15.4 Å². The van der Waals surface area contributed by atoms with E-state index in [4.69, 9.17) is 10.00 Å². The van der Waals surface area contributed by atoms with E-state index < -0.39 is 0 Å². The Balaban J connectivity index is 1.56. The second-order valence-electron chi connectivity index (χ2n) is 6.10. The van der Waals surface area contributed by atoms with Crippen molar-refractivity contribution < 1.29 is 9.53 Å². The van der Waals surface area contributed by atoms with Crippen LogP contribution in [-0.2, 0) is 6.42 Å². The molecule has 3 aromatic rings. The minimum absolute atomic E-state index is 0.154. The topological polar surface area (TPSA) is 87.0 Å². The molecule has 0 atom stereocenters. The number of amides is 1. The molecular weight excluding hydrogens is 352 g/mol. The van der Waals surface area contributed by atoms with E-state index in [1.807, 2.05) is 24.3 Å². The van der Waals surface area contributed by atoms with E-state index in [-0.39, 0.29) is 5.91 Å². The number of nitrogens with one attached hydrogen (secondary N) is 2. The number of carbonyl (C=O) groups is 1. The molecule has 1 aromatic heterocycles. The van der Waals surface area contributed by atoms with E-state index in [0.29, 0.717) is 23.5 Å². The zero-order valence-corrected chi connectivity index (χ0v) is 15.5. The quantitative estimate of drug-likeness (QED) is 0.661. The van der Waals surface area contributed by atoms with Crippen LogP contribution in [0.2, 0.25) is 0 Å².